The lowest BCUT2D eigenvalue weighted by Crippen LogP contribution is -2.20. The van der Waals surface area contributed by atoms with Crippen molar-refractivity contribution < 1.29 is 9.53 Å². The number of allylic oxidation sites excluding steroid dienone is 2. The van der Waals surface area contributed by atoms with Gasteiger partial charge in [-0.15, -0.1) is 6.58 Å². The first-order chi connectivity index (χ1) is 9.14. The lowest BCUT2D eigenvalue weighted by Gasteiger charge is -2.14. The Morgan fingerprint density at radius 3 is 2.35 bits per heavy atom. The van der Waals surface area contributed by atoms with Crippen LogP contribution in [0.2, 0.25) is 0 Å². The smallest absolute Gasteiger partial charge is 0.310 e. The van der Waals surface area contributed by atoms with Crippen LogP contribution in [0.5, 0.6) is 0 Å². The van der Waals surface area contributed by atoms with Gasteiger partial charge in [-0.1, -0.05) is 40.3 Å². The van der Waals surface area contributed by atoms with E-state index in [4.69, 9.17) is 4.74 Å². The molecule has 20 heavy (non-hydrogen) atoms. The molecule has 0 amide bonds. The Labute approximate surface area is 122 Å². The van der Waals surface area contributed by atoms with Crippen LogP contribution in [0.15, 0.2) is 36.0 Å². The third kappa shape index (κ3) is 2.06. The number of ether oxygens (including phenoxy) is 1. The summed E-state index contributed by atoms with van der Waals surface area (Å²) in [6.07, 6.45) is 3.28. The average molecular weight is 274 g/mol. The molecule has 1 atom stereocenters. The molecule has 0 N–H and O–H groups in total. The summed E-state index contributed by atoms with van der Waals surface area (Å²) in [4.78, 5) is 12.4. The van der Waals surface area contributed by atoms with Crippen molar-refractivity contribution in [3.8, 4) is 0 Å². The Morgan fingerprint density at radius 2 is 1.90 bits per heavy atom. The predicted octanol–water partition coefficient (Wildman–Crippen LogP) is 4.43. The summed E-state index contributed by atoms with van der Waals surface area (Å²) < 4.78 is 5.77. The molecule has 0 aliphatic heterocycles. The maximum absolute atomic E-state index is 12.4. The van der Waals surface area contributed by atoms with Gasteiger partial charge in [0.1, 0.15) is 6.10 Å². The summed E-state index contributed by atoms with van der Waals surface area (Å²) in [7, 11) is 0. The molecular formula is C18H26O2. The standard InChI is InChI=1S/C18H26O2/c1-8-9-13-11(2)10-14(12(13)3)20-16(19)15-17(4,5)18(15,6)7/h8,14-15H,1-2,9-10H2,3-7H3/t14-/m0/s1. The van der Waals surface area contributed by atoms with Crippen molar-refractivity contribution in [2.24, 2.45) is 16.7 Å². The third-order valence-corrected chi connectivity index (χ3v) is 5.68. The zero-order valence-electron chi connectivity index (χ0n) is 13.4. The summed E-state index contributed by atoms with van der Waals surface area (Å²) in [6, 6.07) is 0. The minimum absolute atomic E-state index is 0.000445. The van der Waals surface area contributed by atoms with Crippen LogP contribution in [0, 0.1) is 16.7 Å². The van der Waals surface area contributed by atoms with E-state index < -0.39 is 0 Å². The Balaban J connectivity index is 2.08. The van der Waals surface area contributed by atoms with Gasteiger partial charge < -0.3 is 4.74 Å². The fourth-order valence-electron chi connectivity index (χ4n) is 3.55. The first-order valence-electron chi connectivity index (χ1n) is 7.33. The Hall–Kier alpha value is -1.31. The number of rotatable bonds is 4. The van der Waals surface area contributed by atoms with Crippen molar-refractivity contribution in [3.63, 3.8) is 0 Å². The molecule has 1 fully saturated rings. The monoisotopic (exact) mass is 274 g/mol. The van der Waals surface area contributed by atoms with Crippen LogP contribution in [0.3, 0.4) is 0 Å². The van der Waals surface area contributed by atoms with Crippen LogP contribution in [0.4, 0.5) is 0 Å². The van der Waals surface area contributed by atoms with Gasteiger partial charge in [0, 0.05) is 6.42 Å². The largest absolute Gasteiger partial charge is 0.457 e. The van der Waals surface area contributed by atoms with E-state index in [1.165, 1.54) is 5.57 Å². The molecule has 110 valence electrons. The first kappa shape index (κ1) is 15.1. The highest BCUT2D eigenvalue weighted by atomic mass is 16.5. The number of carbonyl (C=O) groups excluding carboxylic acids is 1. The van der Waals surface area contributed by atoms with E-state index in [1.807, 2.05) is 13.0 Å². The molecule has 1 saturated carbocycles. The first-order valence-corrected chi connectivity index (χ1v) is 7.33. The van der Waals surface area contributed by atoms with Crippen LogP contribution >= 0.6 is 0 Å². The predicted molar refractivity (Wildman–Crippen MR) is 82.2 cm³/mol. The molecule has 2 heteroatoms. The highest BCUT2D eigenvalue weighted by molar-refractivity contribution is 5.79. The van der Waals surface area contributed by atoms with Crippen molar-refractivity contribution >= 4 is 5.97 Å². The molecule has 2 rings (SSSR count). The third-order valence-electron chi connectivity index (χ3n) is 5.68. The van der Waals surface area contributed by atoms with E-state index in [2.05, 4.69) is 40.9 Å². The van der Waals surface area contributed by atoms with E-state index >= 15 is 0 Å². The number of hydrogen-bond acceptors (Lipinski definition) is 2. The average Bonchev–Trinajstić information content (AvgIpc) is 2.58. The highest BCUT2D eigenvalue weighted by Crippen LogP contribution is 2.68. The van der Waals surface area contributed by atoms with Crippen molar-refractivity contribution in [3.05, 3.63) is 36.0 Å². The van der Waals surface area contributed by atoms with Gasteiger partial charge in [-0.2, -0.15) is 0 Å². The van der Waals surface area contributed by atoms with Gasteiger partial charge in [0.2, 0.25) is 0 Å². The Kier molecular flexibility index (Phi) is 3.48. The second-order valence-electron chi connectivity index (χ2n) is 7.26. The second kappa shape index (κ2) is 4.61. The van der Waals surface area contributed by atoms with Crippen molar-refractivity contribution in [2.75, 3.05) is 0 Å². The minimum Gasteiger partial charge on any atom is -0.457 e. The second-order valence-corrected chi connectivity index (χ2v) is 7.26. The van der Waals surface area contributed by atoms with Crippen LogP contribution in [-0.4, -0.2) is 12.1 Å². The quantitative estimate of drug-likeness (QED) is 0.560. The SMILES string of the molecule is C=CCC1=C(C)[C@@H](OC(=O)C2C(C)(C)C2(C)C)CC1=C. The molecule has 0 saturated heterocycles. The fourth-order valence-corrected chi connectivity index (χ4v) is 3.55. The molecule has 0 aromatic carbocycles. The maximum Gasteiger partial charge on any atom is 0.310 e. The summed E-state index contributed by atoms with van der Waals surface area (Å²) in [6.45, 7) is 18.4. The topological polar surface area (TPSA) is 26.3 Å². The molecule has 2 nitrogen and oxygen atoms in total. The van der Waals surface area contributed by atoms with E-state index in [1.54, 1.807) is 0 Å². The molecular weight excluding hydrogens is 248 g/mol. The summed E-state index contributed by atoms with van der Waals surface area (Å²) in [5, 5.41) is 0. The van der Waals surface area contributed by atoms with Crippen LogP contribution in [0.1, 0.15) is 47.5 Å². The molecule has 0 aromatic rings. The minimum atomic E-state index is -0.128. The summed E-state index contributed by atoms with van der Waals surface area (Å²) >= 11 is 0. The van der Waals surface area contributed by atoms with Gasteiger partial charge in [-0.25, -0.2) is 0 Å². The maximum atomic E-state index is 12.4. The molecule has 2 aliphatic rings. The Bertz CT molecular complexity index is 492. The zero-order valence-corrected chi connectivity index (χ0v) is 13.4. The summed E-state index contributed by atoms with van der Waals surface area (Å²) in [5.41, 5.74) is 3.48. The Morgan fingerprint density at radius 1 is 1.35 bits per heavy atom. The molecule has 0 aromatic heterocycles. The van der Waals surface area contributed by atoms with Gasteiger partial charge in [0.25, 0.3) is 0 Å². The van der Waals surface area contributed by atoms with Crippen LogP contribution < -0.4 is 0 Å². The van der Waals surface area contributed by atoms with Crippen molar-refractivity contribution in [1.29, 1.82) is 0 Å². The number of esters is 1. The highest BCUT2D eigenvalue weighted by Gasteiger charge is 2.69. The zero-order chi connectivity index (χ0) is 15.3. The van der Waals surface area contributed by atoms with Crippen LogP contribution in [0.25, 0.3) is 0 Å². The van der Waals surface area contributed by atoms with Gasteiger partial charge >= 0.3 is 5.97 Å². The van der Waals surface area contributed by atoms with Gasteiger partial charge in [-0.05, 0) is 40.9 Å². The molecule has 0 unspecified atom stereocenters. The van der Waals surface area contributed by atoms with E-state index in [9.17, 15) is 4.79 Å². The van der Waals surface area contributed by atoms with Crippen molar-refractivity contribution in [2.45, 2.75) is 53.6 Å². The van der Waals surface area contributed by atoms with E-state index in [-0.39, 0.29) is 28.8 Å². The molecule has 0 spiro atoms. The van der Waals surface area contributed by atoms with Gasteiger partial charge in [-0.3, -0.25) is 4.79 Å². The molecule has 0 bridgehead atoms. The van der Waals surface area contributed by atoms with E-state index in [0.29, 0.717) is 0 Å². The van der Waals surface area contributed by atoms with Gasteiger partial charge in [0.05, 0.1) is 5.92 Å². The number of carbonyl (C=O) groups is 1. The molecule has 0 heterocycles. The molecule has 0 radical (unpaired) electrons. The fraction of sp³-hybridized carbons (Fsp3) is 0.611. The van der Waals surface area contributed by atoms with Gasteiger partial charge in [0.15, 0.2) is 0 Å². The lowest BCUT2D eigenvalue weighted by molar-refractivity contribution is -0.150. The van der Waals surface area contributed by atoms with Crippen molar-refractivity contribution in [1.82, 2.24) is 0 Å². The normalized spacial score (nSPS) is 27.6. The van der Waals surface area contributed by atoms with Crippen LogP contribution in [-0.2, 0) is 9.53 Å². The summed E-state index contributed by atoms with van der Waals surface area (Å²) in [5.74, 6) is -0.0588. The number of hydrogen-bond donors (Lipinski definition) is 0. The lowest BCUT2D eigenvalue weighted by atomic mass is 10.0. The molecule has 2 aliphatic carbocycles. The van der Waals surface area contributed by atoms with E-state index in [0.717, 1.165) is 24.0 Å².